The molecule has 0 aromatic heterocycles. The van der Waals surface area contributed by atoms with Crippen LogP contribution in [0, 0.1) is 11.8 Å². The lowest BCUT2D eigenvalue weighted by Crippen LogP contribution is -2.42. The van der Waals surface area contributed by atoms with Gasteiger partial charge < -0.3 is 15.0 Å². The minimum Gasteiger partial charge on any atom is -0.376 e. The SMILES string of the molecule is CC(CC(=O)N(C)C1CCOC1C)C1CCCNC1. The van der Waals surface area contributed by atoms with Gasteiger partial charge in [-0.1, -0.05) is 6.92 Å². The molecule has 4 heteroatoms. The van der Waals surface area contributed by atoms with Crippen LogP contribution in [0.2, 0.25) is 0 Å². The maximum atomic E-state index is 12.4. The zero-order chi connectivity index (χ0) is 13.8. The van der Waals surface area contributed by atoms with Crippen molar-refractivity contribution in [3.05, 3.63) is 0 Å². The zero-order valence-electron chi connectivity index (χ0n) is 12.5. The first kappa shape index (κ1) is 14.8. The molecule has 1 N–H and O–H groups in total. The lowest BCUT2D eigenvalue weighted by molar-refractivity contribution is -0.134. The van der Waals surface area contributed by atoms with Gasteiger partial charge in [0.15, 0.2) is 0 Å². The number of ether oxygens (including phenoxy) is 1. The minimum atomic E-state index is 0.181. The summed E-state index contributed by atoms with van der Waals surface area (Å²) in [5.41, 5.74) is 0. The Balaban J connectivity index is 1.82. The van der Waals surface area contributed by atoms with Crippen molar-refractivity contribution in [3.63, 3.8) is 0 Å². The molecule has 4 unspecified atom stereocenters. The molecule has 0 bridgehead atoms. The second-order valence-electron chi connectivity index (χ2n) is 6.22. The largest absolute Gasteiger partial charge is 0.376 e. The molecule has 0 saturated carbocycles. The fraction of sp³-hybridized carbons (Fsp3) is 0.933. The van der Waals surface area contributed by atoms with Crippen LogP contribution in [0.1, 0.15) is 39.5 Å². The van der Waals surface area contributed by atoms with Gasteiger partial charge in [-0.15, -0.1) is 0 Å². The molecule has 4 atom stereocenters. The van der Waals surface area contributed by atoms with Gasteiger partial charge in [0, 0.05) is 20.1 Å². The number of piperidine rings is 1. The Kier molecular flexibility index (Phi) is 5.22. The van der Waals surface area contributed by atoms with Crippen molar-refractivity contribution in [2.45, 2.75) is 51.7 Å². The molecule has 2 heterocycles. The molecule has 0 aromatic rings. The molecule has 4 nitrogen and oxygen atoms in total. The van der Waals surface area contributed by atoms with Crippen LogP contribution >= 0.6 is 0 Å². The Morgan fingerprint density at radius 3 is 2.84 bits per heavy atom. The third-order valence-electron chi connectivity index (χ3n) is 4.86. The lowest BCUT2D eigenvalue weighted by Gasteiger charge is -2.31. The van der Waals surface area contributed by atoms with Gasteiger partial charge in [0.2, 0.25) is 5.91 Å². The van der Waals surface area contributed by atoms with Crippen molar-refractivity contribution in [2.24, 2.45) is 11.8 Å². The fourth-order valence-electron chi connectivity index (χ4n) is 3.36. The molecule has 0 radical (unpaired) electrons. The van der Waals surface area contributed by atoms with Crippen LogP contribution < -0.4 is 5.32 Å². The van der Waals surface area contributed by atoms with Crippen LogP contribution in [0.15, 0.2) is 0 Å². The van der Waals surface area contributed by atoms with E-state index in [1.54, 1.807) is 0 Å². The van der Waals surface area contributed by atoms with Crippen molar-refractivity contribution in [1.29, 1.82) is 0 Å². The summed E-state index contributed by atoms with van der Waals surface area (Å²) in [7, 11) is 1.93. The lowest BCUT2D eigenvalue weighted by atomic mass is 9.85. The van der Waals surface area contributed by atoms with E-state index in [0.717, 1.165) is 26.1 Å². The average molecular weight is 268 g/mol. The van der Waals surface area contributed by atoms with Gasteiger partial charge in [-0.3, -0.25) is 4.79 Å². The maximum absolute atomic E-state index is 12.4. The first-order chi connectivity index (χ1) is 9.09. The molecule has 110 valence electrons. The van der Waals surface area contributed by atoms with Gasteiger partial charge in [0.1, 0.15) is 0 Å². The van der Waals surface area contributed by atoms with Crippen LogP contribution in [-0.2, 0) is 9.53 Å². The third kappa shape index (κ3) is 3.69. The molecule has 1 amide bonds. The molecule has 2 fully saturated rings. The number of amides is 1. The van der Waals surface area contributed by atoms with Gasteiger partial charge >= 0.3 is 0 Å². The molecule has 2 aliphatic heterocycles. The number of hydrogen-bond acceptors (Lipinski definition) is 3. The highest BCUT2D eigenvalue weighted by Gasteiger charge is 2.32. The number of nitrogens with one attached hydrogen (secondary N) is 1. The number of rotatable bonds is 4. The highest BCUT2D eigenvalue weighted by atomic mass is 16.5. The smallest absolute Gasteiger partial charge is 0.222 e. The van der Waals surface area contributed by atoms with Crippen molar-refractivity contribution < 1.29 is 9.53 Å². The van der Waals surface area contributed by atoms with E-state index in [0.29, 0.717) is 18.3 Å². The molecule has 0 aliphatic carbocycles. The monoisotopic (exact) mass is 268 g/mol. The Bertz CT molecular complexity index is 303. The second-order valence-corrected chi connectivity index (χ2v) is 6.22. The summed E-state index contributed by atoms with van der Waals surface area (Å²) in [5.74, 6) is 1.41. The summed E-state index contributed by atoms with van der Waals surface area (Å²) in [5, 5.41) is 3.44. The fourth-order valence-corrected chi connectivity index (χ4v) is 3.36. The van der Waals surface area contributed by atoms with Crippen molar-refractivity contribution in [2.75, 3.05) is 26.7 Å². The molecule has 2 saturated heterocycles. The van der Waals surface area contributed by atoms with E-state index in [-0.39, 0.29) is 18.1 Å². The summed E-state index contributed by atoms with van der Waals surface area (Å²) in [4.78, 5) is 14.3. The van der Waals surface area contributed by atoms with Gasteiger partial charge in [-0.2, -0.15) is 0 Å². The van der Waals surface area contributed by atoms with Gasteiger partial charge in [0.25, 0.3) is 0 Å². The molecular weight excluding hydrogens is 240 g/mol. The van der Waals surface area contributed by atoms with Gasteiger partial charge in [-0.25, -0.2) is 0 Å². The van der Waals surface area contributed by atoms with Crippen LogP contribution in [0.25, 0.3) is 0 Å². The number of nitrogens with zero attached hydrogens (tertiary/aromatic N) is 1. The van der Waals surface area contributed by atoms with E-state index >= 15 is 0 Å². The summed E-state index contributed by atoms with van der Waals surface area (Å²) in [6, 6.07) is 0.268. The highest BCUT2D eigenvalue weighted by molar-refractivity contribution is 5.76. The summed E-state index contributed by atoms with van der Waals surface area (Å²) >= 11 is 0. The summed E-state index contributed by atoms with van der Waals surface area (Å²) in [6.07, 6.45) is 4.33. The molecular formula is C15H28N2O2. The van der Waals surface area contributed by atoms with Crippen molar-refractivity contribution in [1.82, 2.24) is 10.2 Å². The highest BCUT2D eigenvalue weighted by Crippen LogP contribution is 2.25. The van der Waals surface area contributed by atoms with Crippen LogP contribution in [0.5, 0.6) is 0 Å². The Labute approximate surface area is 116 Å². The standard InChI is InChI=1S/C15H28N2O2/c1-11(13-5-4-7-16-10-13)9-15(18)17(3)14-6-8-19-12(14)2/h11-14,16H,4-10H2,1-3H3. The first-order valence-electron chi connectivity index (χ1n) is 7.67. The van der Waals surface area contributed by atoms with Crippen LogP contribution in [0.4, 0.5) is 0 Å². The van der Waals surface area contributed by atoms with E-state index in [9.17, 15) is 4.79 Å². The number of likely N-dealkylation sites (N-methyl/N-ethyl adjacent to an activating group) is 1. The van der Waals surface area contributed by atoms with E-state index in [4.69, 9.17) is 4.74 Å². The predicted molar refractivity (Wildman–Crippen MR) is 76.0 cm³/mol. The first-order valence-corrected chi connectivity index (χ1v) is 7.67. The number of hydrogen-bond donors (Lipinski definition) is 1. The van der Waals surface area contributed by atoms with Crippen molar-refractivity contribution >= 4 is 5.91 Å². The Hall–Kier alpha value is -0.610. The Morgan fingerprint density at radius 2 is 2.26 bits per heavy atom. The topological polar surface area (TPSA) is 41.6 Å². The van der Waals surface area contributed by atoms with E-state index in [1.807, 2.05) is 11.9 Å². The molecule has 2 aliphatic rings. The van der Waals surface area contributed by atoms with Crippen LogP contribution in [0.3, 0.4) is 0 Å². The summed E-state index contributed by atoms with van der Waals surface area (Å²) in [6.45, 7) is 7.27. The van der Waals surface area contributed by atoms with Crippen molar-refractivity contribution in [3.8, 4) is 0 Å². The molecule has 0 spiro atoms. The maximum Gasteiger partial charge on any atom is 0.222 e. The number of carbonyl (C=O) groups excluding carboxylic acids is 1. The quantitative estimate of drug-likeness (QED) is 0.843. The zero-order valence-corrected chi connectivity index (χ0v) is 12.5. The van der Waals surface area contributed by atoms with E-state index in [2.05, 4.69) is 19.2 Å². The van der Waals surface area contributed by atoms with E-state index < -0.39 is 0 Å². The molecule has 0 aromatic carbocycles. The predicted octanol–water partition coefficient (Wildman–Crippen LogP) is 1.65. The minimum absolute atomic E-state index is 0.181. The summed E-state index contributed by atoms with van der Waals surface area (Å²) < 4.78 is 5.55. The van der Waals surface area contributed by atoms with Gasteiger partial charge in [-0.05, 0) is 51.1 Å². The Morgan fingerprint density at radius 1 is 1.47 bits per heavy atom. The van der Waals surface area contributed by atoms with Gasteiger partial charge in [0.05, 0.1) is 12.1 Å². The third-order valence-corrected chi connectivity index (χ3v) is 4.86. The average Bonchev–Trinajstić information content (AvgIpc) is 2.85. The van der Waals surface area contributed by atoms with Crippen LogP contribution in [-0.4, -0.2) is 49.7 Å². The second kappa shape index (κ2) is 6.71. The molecule has 19 heavy (non-hydrogen) atoms. The van der Waals surface area contributed by atoms with E-state index in [1.165, 1.54) is 12.8 Å². The number of carbonyl (C=O) groups is 1. The normalized spacial score (nSPS) is 33.1. The molecule has 2 rings (SSSR count).